The number of rotatable bonds is 6. The van der Waals surface area contributed by atoms with Crippen LogP contribution in [0.2, 0.25) is 0 Å². The van der Waals surface area contributed by atoms with Gasteiger partial charge in [-0.3, -0.25) is 0 Å². The highest BCUT2D eigenvalue weighted by atomic mass is 32.2. The largest absolute Gasteiger partial charge is 0.308 e. The van der Waals surface area contributed by atoms with Crippen molar-refractivity contribution in [3.05, 3.63) is 10.0 Å². The monoisotopic (exact) mass is 285 g/mol. The second-order valence-electron chi connectivity index (χ2n) is 5.04. The molecule has 2 heterocycles. The molecule has 1 aromatic rings. The molecule has 1 fully saturated rings. The van der Waals surface area contributed by atoms with E-state index in [2.05, 4.69) is 36.3 Å². The third-order valence-corrected chi connectivity index (χ3v) is 6.42. The van der Waals surface area contributed by atoms with E-state index in [1.165, 1.54) is 23.6 Å². The zero-order chi connectivity index (χ0) is 13.0. The van der Waals surface area contributed by atoms with Crippen molar-refractivity contribution < 1.29 is 0 Å². The molecular formula is C13H23N3S2. The van der Waals surface area contributed by atoms with Crippen molar-refractivity contribution in [1.29, 1.82) is 0 Å². The molecule has 3 nitrogen and oxygen atoms in total. The van der Waals surface area contributed by atoms with Gasteiger partial charge >= 0.3 is 0 Å². The molecule has 102 valence electrons. The first-order valence-electron chi connectivity index (χ1n) is 6.91. The van der Waals surface area contributed by atoms with Gasteiger partial charge in [0.25, 0.3) is 0 Å². The van der Waals surface area contributed by atoms with E-state index < -0.39 is 0 Å². The summed E-state index contributed by atoms with van der Waals surface area (Å²) >= 11 is 3.84. The molecule has 0 amide bonds. The van der Waals surface area contributed by atoms with E-state index in [9.17, 15) is 0 Å². The summed E-state index contributed by atoms with van der Waals surface area (Å²) in [5.74, 6) is 1.26. The second-order valence-corrected chi connectivity index (χ2v) is 7.65. The molecule has 0 saturated carbocycles. The SMILES string of the molecule is CCCNC(CC)c1nnc(C2(C)CCCS2)s1. The Balaban J connectivity index is 2.08. The van der Waals surface area contributed by atoms with Gasteiger partial charge in [-0.1, -0.05) is 25.2 Å². The Labute approximate surface area is 118 Å². The summed E-state index contributed by atoms with van der Waals surface area (Å²) in [4.78, 5) is 0. The van der Waals surface area contributed by atoms with Crippen molar-refractivity contribution in [2.75, 3.05) is 12.3 Å². The Kier molecular flexibility index (Phi) is 5.04. The summed E-state index contributed by atoms with van der Waals surface area (Å²) in [6.07, 6.45) is 4.79. The highest BCUT2D eigenvalue weighted by Crippen LogP contribution is 2.47. The van der Waals surface area contributed by atoms with E-state index in [-0.39, 0.29) is 4.75 Å². The lowest BCUT2D eigenvalue weighted by Gasteiger charge is -2.18. The number of hydrogen-bond donors (Lipinski definition) is 1. The van der Waals surface area contributed by atoms with E-state index in [1.807, 2.05) is 11.8 Å². The average Bonchev–Trinajstić information content (AvgIpc) is 3.00. The summed E-state index contributed by atoms with van der Waals surface area (Å²) in [6, 6.07) is 0.381. The maximum atomic E-state index is 4.45. The van der Waals surface area contributed by atoms with E-state index in [0.29, 0.717) is 6.04 Å². The summed E-state index contributed by atoms with van der Waals surface area (Å²) in [5, 5.41) is 14.8. The zero-order valence-electron chi connectivity index (χ0n) is 11.5. The van der Waals surface area contributed by atoms with Crippen LogP contribution in [0.5, 0.6) is 0 Å². The zero-order valence-corrected chi connectivity index (χ0v) is 13.2. The predicted molar refractivity (Wildman–Crippen MR) is 80.3 cm³/mol. The fourth-order valence-electron chi connectivity index (χ4n) is 2.26. The van der Waals surface area contributed by atoms with Gasteiger partial charge in [0, 0.05) is 0 Å². The summed E-state index contributed by atoms with van der Waals surface area (Å²) in [6.45, 7) is 7.77. The van der Waals surface area contributed by atoms with Gasteiger partial charge in [-0.15, -0.1) is 22.0 Å². The number of hydrogen-bond acceptors (Lipinski definition) is 5. The average molecular weight is 285 g/mol. The van der Waals surface area contributed by atoms with Gasteiger partial charge in [0.1, 0.15) is 10.0 Å². The Bertz CT molecular complexity index is 372. The first-order valence-corrected chi connectivity index (χ1v) is 8.71. The predicted octanol–water partition coefficient (Wildman–Crippen LogP) is 3.73. The summed E-state index contributed by atoms with van der Waals surface area (Å²) < 4.78 is 0.221. The van der Waals surface area contributed by atoms with Gasteiger partial charge in [0.15, 0.2) is 0 Å². The van der Waals surface area contributed by atoms with Crippen LogP contribution in [-0.4, -0.2) is 22.5 Å². The van der Waals surface area contributed by atoms with Gasteiger partial charge in [-0.2, -0.15) is 0 Å². The fraction of sp³-hybridized carbons (Fsp3) is 0.846. The third kappa shape index (κ3) is 3.06. The van der Waals surface area contributed by atoms with Crippen molar-refractivity contribution in [3.63, 3.8) is 0 Å². The van der Waals surface area contributed by atoms with Crippen LogP contribution in [0.15, 0.2) is 0 Å². The number of nitrogens with zero attached hydrogens (tertiary/aromatic N) is 2. The highest BCUT2D eigenvalue weighted by molar-refractivity contribution is 8.00. The third-order valence-electron chi connectivity index (χ3n) is 3.46. The van der Waals surface area contributed by atoms with Crippen molar-refractivity contribution in [2.24, 2.45) is 0 Å². The summed E-state index contributed by atoms with van der Waals surface area (Å²) in [7, 11) is 0. The molecule has 0 radical (unpaired) electrons. The van der Waals surface area contributed by atoms with Crippen molar-refractivity contribution in [3.8, 4) is 0 Å². The molecule has 5 heteroatoms. The van der Waals surface area contributed by atoms with Gasteiger partial charge in [0.05, 0.1) is 10.8 Å². The molecule has 0 aromatic carbocycles. The lowest BCUT2D eigenvalue weighted by Crippen LogP contribution is -2.21. The maximum absolute atomic E-state index is 4.45. The standard InChI is InChI=1S/C13H23N3S2/c1-4-8-14-10(5-2)11-15-16-12(18-11)13(3)7-6-9-17-13/h10,14H,4-9H2,1-3H3. The quantitative estimate of drug-likeness (QED) is 0.864. The molecule has 2 unspecified atom stereocenters. The fourth-order valence-corrected chi connectivity index (χ4v) is 4.83. The van der Waals surface area contributed by atoms with Crippen LogP contribution in [0.4, 0.5) is 0 Å². The first-order chi connectivity index (χ1) is 8.69. The topological polar surface area (TPSA) is 37.8 Å². The summed E-state index contributed by atoms with van der Waals surface area (Å²) in [5.41, 5.74) is 0. The van der Waals surface area contributed by atoms with Crippen LogP contribution in [-0.2, 0) is 4.75 Å². The van der Waals surface area contributed by atoms with E-state index in [1.54, 1.807) is 11.3 Å². The van der Waals surface area contributed by atoms with Crippen molar-refractivity contribution in [1.82, 2.24) is 15.5 Å². The number of nitrogens with one attached hydrogen (secondary N) is 1. The molecule has 0 aliphatic carbocycles. The van der Waals surface area contributed by atoms with Crippen LogP contribution in [0.1, 0.15) is 62.5 Å². The lowest BCUT2D eigenvalue weighted by atomic mass is 10.1. The maximum Gasteiger partial charge on any atom is 0.134 e. The van der Waals surface area contributed by atoms with Gasteiger partial charge in [-0.25, -0.2) is 0 Å². The van der Waals surface area contributed by atoms with Crippen molar-refractivity contribution >= 4 is 23.1 Å². The highest BCUT2D eigenvalue weighted by Gasteiger charge is 2.35. The van der Waals surface area contributed by atoms with Crippen LogP contribution in [0.25, 0.3) is 0 Å². The Morgan fingerprint density at radius 2 is 2.22 bits per heavy atom. The van der Waals surface area contributed by atoms with Gasteiger partial charge < -0.3 is 5.32 Å². The Hall–Kier alpha value is -0.130. The molecule has 1 aromatic heterocycles. The lowest BCUT2D eigenvalue weighted by molar-refractivity contribution is 0.512. The minimum Gasteiger partial charge on any atom is -0.308 e. The van der Waals surface area contributed by atoms with Crippen LogP contribution >= 0.6 is 23.1 Å². The Morgan fingerprint density at radius 1 is 1.39 bits per heavy atom. The van der Waals surface area contributed by atoms with Gasteiger partial charge in [0.2, 0.25) is 0 Å². The molecule has 1 N–H and O–H groups in total. The second kappa shape index (κ2) is 6.35. The Morgan fingerprint density at radius 3 is 2.83 bits per heavy atom. The molecular weight excluding hydrogens is 262 g/mol. The number of aromatic nitrogens is 2. The van der Waals surface area contributed by atoms with Crippen LogP contribution in [0.3, 0.4) is 0 Å². The minimum absolute atomic E-state index is 0.221. The van der Waals surface area contributed by atoms with Gasteiger partial charge in [-0.05, 0) is 44.9 Å². The number of thioether (sulfide) groups is 1. The van der Waals surface area contributed by atoms with E-state index in [4.69, 9.17) is 0 Å². The molecule has 0 spiro atoms. The van der Waals surface area contributed by atoms with E-state index >= 15 is 0 Å². The normalized spacial score (nSPS) is 25.5. The minimum atomic E-state index is 0.221. The van der Waals surface area contributed by atoms with Crippen LogP contribution < -0.4 is 5.32 Å². The van der Waals surface area contributed by atoms with Crippen LogP contribution in [0, 0.1) is 0 Å². The molecule has 1 aliphatic rings. The molecule has 2 atom stereocenters. The molecule has 1 saturated heterocycles. The smallest absolute Gasteiger partial charge is 0.134 e. The molecule has 1 aliphatic heterocycles. The van der Waals surface area contributed by atoms with E-state index in [0.717, 1.165) is 24.4 Å². The molecule has 18 heavy (non-hydrogen) atoms. The van der Waals surface area contributed by atoms with Crippen molar-refractivity contribution in [2.45, 2.75) is 57.2 Å². The first kappa shape index (κ1) is 14.3. The molecule has 2 rings (SSSR count). The molecule has 0 bridgehead atoms.